The van der Waals surface area contributed by atoms with Gasteiger partial charge in [-0.05, 0) is 74.5 Å². The summed E-state index contributed by atoms with van der Waals surface area (Å²) in [4.78, 5) is 25.2. The van der Waals surface area contributed by atoms with Gasteiger partial charge in [0.1, 0.15) is 6.54 Å². The Bertz CT molecular complexity index is 899. The van der Waals surface area contributed by atoms with Crippen LogP contribution in [0, 0.1) is 17.8 Å². The van der Waals surface area contributed by atoms with Gasteiger partial charge in [0.15, 0.2) is 0 Å². The summed E-state index contributed by atoms with van der Waals surface area (Å²) in [5.74, 6) is 2.33. The van der Waals surface area contributed by atoms with Gasteiger partial charge in [0.25, 0.3) is 5.56 Å². The number of para-hydroxylation sites is 1. The van der Waals surface area contributed by atoms with Crippen molar-refractivity contribution in [1.29, 1.82) is 0 Å². The Kier molecular flexibility index (Phi) is 4.26. The quantitative estimate of drug-likeness (QED) is 0.836. The minimum atomic E-state index is -0.165. The molecule has 0 saturated heterocycles. The zero-order chi connectivity index (χ0) is 19.1. The van der Waals surface area contributed by atoms with Gasteiger partial charge in [0.05, 0.1) is 0 Å². The van der Waals surface area contributed by atoms with Gasteiger partial charge in [-0.2, -0.15) is 0 Å². The van der Waals surface area contributed by atoms with E-state index in [1.54, 1.807) is 12.3 Å². The molecule has 4 aliphatic carbocycles. The highest BCUT2D eigenvalue weighted by Gasteiger charge is 2.51. The second-order valence-electron chi connectivity index (χ2n) is 9.12. The van der Waals surface area contributed by atoms with Crippen LogP contribution in [0.3, 0.4) is 0 Å². The molecule has 4 fully saturated rings. The third-order valence-corrected chi connectivity index (χ3v) is 6.82. The number of pyridine rings is 1. The average molecular weight is 377 g/mol. The van der Waals surface area contributed by atoms with E-state index in [1.807, 2.05) is 36.4 Å². The third kappa shape index (κ3) is 3.46. The van der Waals surface area contributed by atoms with Gasteiger partial charge < -0.3 is 15.2 Å². The smallest absolute Gasteiger partial charge is 0.253 e. The number of anilines is 2. The van der Waals surface area contributed by atoms with Crippen molar-refractivity contribution >= 4 is 17.3 Å². The van der Waals surface area contributed by atoms with Crippen molar-refractivity contribution in [3.05, 3.63) is 59.0 Å². The van der Waals surface area contributed by atoms with Crippen molar-refractivity contribution < 1.29 is 4.79 Å². The second kappa shape index (κ2) is 6.80. The zero-order valence-electron chi connectivity index (χ0n) is 16.1. The molecule has 4 saturated carbocycles. The summed E-state index contributed by atoms with van der Waals surface area (Å²) in [5.41, 5.74) is 1.49. The fourth-order valence-electron chi connectivity index (χ4n) is 6.16. The van der Waals surface area contributed by atoms with Crippen molar-refractivity contribution in [2.75, 3.05) is 5.32 Å². The molecule has 2 N–H and O–H groups in total. The van der Waals surface area contributed by atoms with Gasteiger partial charge in [-0.25, -0.2) is 0 Å². The highest BCUT2D eigenvalue weighted by atomic mass is 16.2. The molecule has 0 aliphatic heterocycles. The lowest BCUT2D eigenvalue weighted by atomic mass is 9.53. The molecule has 0 atom stereocenters. The van der Waals surface area contributed by atoms with Crippen LogP contribution >= 0.6 is 0 Å². The van der Waals surface area contributed by atoms with Gasteiger partial charge in [-0.3, -0.25) is 9.59 Å². The number of carbonyl (C=O) groups excluding carboxylic acids is 1. The van der Waals surface area contributed by atoms with E-state index in [0.29, 0.717) is 0 Å². The minimum Gasteiger partial charge on any atom is -0.355 e. The molecule has 146 valence electrons. The van der Waals surface area contributed by atoms with Crippen LogP contribution < -0.4 is 16.2 Å². The maximum absolute atomic E-state index is 12.7. The van der Waals surface area contributed by atoms with E-state index in [0.717, 1.165) is 48.4 Å². The van der Waals surface area contributed by atoms with Crippen molar-refractivity contribution in [3.8, 4) is 0 Å². The molecular weight excluding hydrogens is 350 g/mol. The fraction of sp³-hybridized carbons (Fsp3) is 0.478. The summed E-state index contributed by atoms with van der Waals surface area (Å²) in [6.07, 6.45) is 9.13. The van der Waals surface area contributed by atoms with E-state index in [1.165, 1.54) is 23.8 Å². The Labute approximate surface area is 165 Å². The standard InChI is InChI=1S/C23H27N3O2/c27-21(25-23-12-16-8-17(13-23)10-18(9-16)14-23)15-26-7-6-20(11-22(26)28)24-19-4-2-1-3-5-19/h1-7,11,16-18,24H,8-10,12-15H2,(H,25,27). The molecule has 4 bridgehead atoms. The average Bonchev–Trinajstić information content (AvgIpc) is 2.63. The van der Waals surface area contributed by atoms with Gasteiger partial charge in [0, 0.05) is 29.2 Å². The van der Waals surface area contributed by atoms with Crippen molar-refractivity contribution in [2.24, 2.45) is 17.8 Å². The van der Waals surface area contributed by atoms with Crippen LogP contribution in [0.5, 0.6) is 0 Å². The number of aromatic nitrogens is 1. The summed E-state index contributed by atoms with van der Waals surface area (Å²) in [5, 5.41) is 6.55. The maximum atomic E-state index is 12.7. The summed E-state index contributed by atoms with van der Waals surface area (Å²) in [6, 6.07) is 13.1. The summed E-state index contributed by atoms with van der Waals surface area (Å²) < 4.78 is 1.49. The van der Waals surface area contributed by atoms with Crippen LogP contribution in [0.25, 0.3) is 0 Å². The van der Waals surface area contributed by atoms with Crippen molar-refractivity contribution in [2.45, 2.75) is 50.6 Å². The zero-order valence-corrected chi connectivity index (χ0v) is 16.1. The van der Waals surface area contributed by atoms with E-state index in [9.17, 15) is 9.59 Å². The number of carbonyl (C=O) groups is 1. The Morgan fingerprint density at radius 2 is 1.61 bits per heavy atom. The summed E-state index contributed by atoms with van der Waals surface area (Å²) in [6.45, 7) is 0.0895. The molecule has 0 unspecified atom stereocenters. The molecular formula is C23H27N3O2. The Morgan fingerprint density at radius 3 is 2.21 bits per heavy atom. The normalized spacial score (nSPS) is 30.2. The highest BCUT2D eigenvalue weighted by molar-refractivity contribution is 5.76. The van der Waals surface area contributed by atoms with Crippen molar-refractivity contribution in [1.82, 2.24) is 9.88 Å². The lowest BCUT2D eigenvalue weighted by Gasteiger charge is -2.56. The predicted molar refractivity (Wildman–Crippen MR) is 109 cm³/mol. The minimum absolute atomic E-state index is 0.00968. The SMILES string of the molecule is O=C(Cn1ccc(Nc2ccccc2)cc1=O)NC12CC3CC(CC(C3)C1)C2. The van der Waals surface area contributed by atoms with Crippen LogP contribution in [0.4, 0.5) is 11.4 Å². The lowest BCUT2D eigenvalue weighted by Crippen LogP contribution is -2.60. The van der Waals surface area contributed by atoms with Crippen LogP contribution in [-0.4, -0.2) is 16.0 Å². The first kappa shape index (κ1) is 17.5. The summed E-state index contributed by atoms with van der Waals surface area (Å²) >= 11 is 0. The first-order chi connectivity index (χ1) is 13.6. The topological polar surface area (TPSA) is 63.1 Å². The first-order valence-electron chi connectivity index (χ1n) is 10.4. The molecule has 6 rings (SSSR count). The largest absolute Gasteiger partial charge is 0.355 e. The maximum Gasteiger partial charge on any atom is 0.253 e. The highest BCUT2D eigenvalue weighted by Crippen LogP contribution is 2.55. The van der Waals surface area contributed by atoms with Crippen molar-refractivity contribution in [3.63, 3.8) is 0 Å². The number of benzene rings is 1. The monoisotopic (exact) mass is 377 g/mol. The Balaban J connectivity index is 1.25. The van der Waals surface area contributed by atoms with E-state index < -0.39 is 0 Å². The van der Waals surface area contributed by atoms with E-state index in [-0.39, 0.29) is 23.6 Å². The molecule has 1 amide bonds. The molecule has 5 heteroatoms. The number of amides is 1. The first-order valence-corrected chi connectivity index (χ1v) is 10.4. The van der Waals surface area contributed by atoms with E-state index in [4.69, 9.17) is 0 Å². The van der Waals surface area contributed by atoms with Crippen LogP contribution in [-0.2, 0) is 11.3 Å². The third-order valence-electron chi connectivity index (χ3n) is 6.82. The molecule has 1 aromatic heterocycles. The molecule has 28 heavy (non-hydrogen) atoms. The molecule has 0 radical (unpaired) electrons. The van der Waals surface area contributed by atoms with Gasteiger partial charge in [-0.15, -0.1) is 0 Å². The van der Waals surface area contributed by atoms with Crippen LogP contribution in [0.1, 0.15) is 38.5 Å². The fourth-order valence-corrected chi connectivity index (χ4v) is 6.16. The molecule has 4 aliphatic rings. The molecule has 2 aromatic rings. The lowest BCUT2D eigenvalue weighted by molar-refractivity contribution is -0.127. The second-order valence-corrected chi connectivity index (χ2v) is 9.12. The van der Waals surface area contributed by atoms with Gasteiger partial charge in [0.2, 0.25) is 5.91 Å². The number of hydrogen-bond acceptors (Lipinski definition) is 3. The van der Waals surface area contributed by atoms with Gasteiger partial charge >= 0.3 is 0 Å². The molecule has 1 heterocycles. The molecule has 0 spiro atoms. The number of hydrogen-bond donors (Lipinski definition) is 2. The number of nitrogens with zero attached hydrogens (tertiary/aromatic N) is 1. The Morgan fingerprint density at radius 1 is 0.964 bits per heavy atom. The number of nitrogens with one attached hydrogen (secondary N) is 2. The van der Waals surface area contributed by atoms with Gasteiger partial charge in [-0.1, -0.05) is 18.2 Å². The number of rotatable bonds is 5. The van der Waals surface area contributed by atoms with Crippen LogP contribution in [0.15, 0.2) is 53.5 Å². The van der Waals surface area contributed by atoms with E-state index >= 15 is 0 Å². The van der Waals surface area contributed by atoms with Crippen LogP contribution in [0.2, 0.25) is 0 Å². The van der Waals surface area contributed by atoms with E-state index in [2.05, 4.69) is 10.6 Å². The predicted octanol–water partition coefficient (Wildman–Crippen LogP) is 3.68. The molecule has 1 aromatic carbocycles. The molecule has 5 nitrogen and oxygen atoms in total. The summed E-state index contributed by atoms with van der Waals surface area (Å²) in [7, 11) is 0. The Hall–Kier alpha value is -2.56.